The molecule has 140 valence electrons. The topological polar surface area (TPSA) is 24.5 Å². The first-order valence-corrected chi connectivity index (χ1v) is 9.26. The van der Waals surface area contributed by atoms with E-state index in [-0.39, 0.29) is 11.8 Å². The molecule has 0 radical (unpaired) electrons. The Balaban J connectivity index is 1.93. The van der Waals surface area contributed by atoms with Gasteiger partial charge in [0.1, 0.15) is 5.75 Å². The van der Waals surface area contributed by atoms with Crippen molar-refractivity contribution in [1.29, 1.82) is 0 Å². The van der Waals surface area contributed by atoms with Crippen LogP contribution in [0.2, 0.25) is 5.02 Å². The molecule has 8 heteroatoms. The van der Waals surface area contributed by atoms with Crippen molar-refractivity contribution < 1.29 is 17.9 Å². The molecule has 2 aromatic rings. The van der Waals surface area contributed by atoms with Crippen molar-refractivity contribution in [2.45, 2.75) is 12.4 Å². The predicted octanol–water partition coefficient (Wildman–Crippen LogP) is 5.00. The second-order valence-electron chi connectivity index (χ2n) is 5.98. The monoisotopic (exact) mass is 448 g/mol. The molecule has 1 saturated heterocycles. The van der Waals surface area contributed by atoms with Crippen molar-refractivity contribution in [3.05, 3.63) is 63.1 Å². The number of hydrogen-bond acceptors (Lipinski definition) is 3. The summed E-state index contributed by atoms with van der Waals surface area (Å²) in [7, 11) is 0. The summed E-state index contributed by atoms with van der Waals surface area (Å²) in [5.74, 6) is -0.224. The zero-order valence-electron chi connectivity index (χ0n) is 13.7. The van der Waals surface area contributed by atoms with Crippen LogP contribution in [0.5, 0.6) is 5.75 Å². The standard InChI is InChI=1S/C18H17BrClF3N2O/c19-15-11-13(3-6-16(15)20)17(25-9-7-24-8-10-25)12-1-4-14(5-2-12)26-18(21,22)23/h1-6,11,17,24H,7-10H2/t17-/m0/s1. The van der Waals surface area contributed by atoms with Crippen LogP contribution in [0.4, 0.5) is 13.2 Å². The van der Waals surface area contributed by atoms with Gasteiger partial charge in [0.15, 0.2) is 0 Å². The zero-order valence-corrected chi connectivity index (χ0v) is 16.0. The summed E-state index contributed by atoms with van der Waals surface area (Å²) in [6.07, 6.45) is -4.69. The lowest BCUT2D eigenvalue weighted by Crippen LogP contribution is -2.45. The number of piperazine rings is 1. The number of hydrogen-bond donors (Lipinski definition) is 1. The van der Waals surface area contributed by atoms with Gasteiger partial charge < -0.3 is 10.1 Å². The van der Waals surface area contributed by atoms with Crippen LogP contribution < -0.4 is 10.1 Å². The molecule has 26 heavy (non-hydrogen) atoms. The van der Waals surface area contributed by atoms with Crippen LogP contribution in [0.3, 0.4) is 0 Å². The van der Waals surface area contributed by atoms with Gasteiger partial charge in [-0.05, 0) is 51.3 Å². The maximum atomic E-state index is 12.4. The van der Waals surface area contributed by atoms with E-state index in [9.17, 15) is 13.2 Å². The van der Waals surface area contributed by atoms with E-state index < -0.39 is 6.36 Å². The van der Waals surface area contributed by atoms with Gasteiger partial charge in [-0.3, -0.25) is 4.90 Å². The van der Waals surface area contributed by atoms with Gasteiger partial charge >= 0.3 is 6.36 Å². The van der Waals surface area contributed by atoms with Crippen LogP contribution in [-0.4, -0.2) is 37.4 Å². The number of halogens is 5. The van der Waals surface area contributed by atoms with E-state index in [1.807, 2.05) is 18.2 Å². The molecule has 3 rings (SSSR count). The number of nitrogens with one attached hydrogen (secondary N) is 1. The first kappa shape index (κ1) is 19.5. The average Bonchev–Trinajstić information content (AvgIpc) is 2.59. The number of rotatable bonds is 4. The van der Waals surface area contributed by atoms with Crippen molar-refractivity contribution in [1.82, 2.24) is 10.2 Å². The predicted molar refractivity (Wildman–Crippen MR) is 98.6 cm³/mol. The highest BCUT2D eigenvalue weighted by Gasteiger charge is 2.31. The first-order chi connectivity index (χ1) is 12.3. The molecule has 1 atom stereocenters. The van der Waals surface area contributed by atoms with Gasteiger partial charge in [0.25, 0.3) is 0 Å². The molecule has 3 nitrogen and oxygen atoms in total. The molecule has 1 heterocycles. The number of ether oxygens (including phenoxy) is 1. The lowest BCUT2D eigenvalue weighted by atomic mass is 9.96. The Morgan fingerprint density at radius 1 is 1.04 bits per heavy atom. The number of nitrogens with zero attached hydrogens (tertiary/aromatic N) is 1. The van der Waals surface area contributed by atoms with Gasteiger partial charge in [0.05, 0.1) is 11.1 Å². The molecule has 2 aromatic carbocycles. The molecule has 0 aromatic heterocycles. The molecule has 0 bridgehead atoms. The Morgan fingerprint density at radius 2 is 1.65 bits per heavy atom. The van der Waals surface area contributed by atoms with E-state index in [4.69, 9.17) is 11.6 Å². The van der Waals surface area contributed by atoms with E-state index in [2.05, 4.69) is 30.9 Å². The van der Waals surface area contributed by atoms with Crippen molar-refractivity contribution >= 4 is 27.5 Å². The molecular weight excluding hydrogens is 433 g/mol. The molecule has 0 aliphatic carbocycles. The number of alkyl halides is 3. The fourth-order valence-electron chi connectivity index (χ4n) is 3.09. The Hall–Kier alpha value is -1.28. The summed E-state index contributed by atoms with van der Waals surface area (Å²) in [5.41, 5.74) is 1.92. The summed E-state index contributed by atoms with van der Waals surface area (Å²) in [4.78, 5) is 2.30. The van der Waals surface area contributed by atoms with Gasteiger partial charge in [-0.1, -0.05) is 29.8 Å². The van der Waals surface area contributed by atoms with Crippen molar-refractivity contribution in [3.63, 3.8) is 0 Å². The highest BCUT2D eigenvalue weighted by molar-refractivity contribution is 9.10. The van der Waals surface area contributed by atoms with Crippen LogP contribution in [0.1, 0.15) is 17.2 Å². The third-order valence-corrected chi connectivity index (χ3v) is 5.42. The summed E-state index contributed by atoms with van der Waals surface area (Å²) in [6.45, 7) is 3.40. The minimum Gasteiger partial charge on any atom is -0.406 e. The minimum atomic E-state index is -4.69. The maximum Gasteiger partial charge on any atom is 0.573 e. The maximum absolute atomic E-state index is 12.4. The van der Waals surface area contributed by atoms with Crippen molar-refractivity contribution in [2.75, 3.05) is 26.2 Å². The summed E-state index contributed by atoms with van der Waals surface area (Å²) in [5, 5.41) is 3.92. The van der Waals surface area contributed by atoms with Crippen molar-refractivity contribution in [3.8, 4) is 5.75 Å². The van der Waals surface area contributed by atoms with E-state index in [0.717, 1.165) is 41.8 Å². The molecule has 0 saturated carbocycles. The SMILES string of the molecule is FC(F)(F)Oc1ccc([C@@H](c2ccc(Cl)c(Br)c2)N2CCNCC2)cc1. The van der Waals surface area contributed by atoms with E-state index in [0.29, 0.717) is 5.02 Å². The Labute approximate surface area is 163 Å². The molecule has 0 spiro atoms. The van der Waals surface area contributed by atoms with Crippen LogP contribution in [0.15, 0.2) is 46.9 Å². The van der Waals surface area contributed by atoms with Crippen LogP contribution in [0, 0.1) is 0 Å². The second-order valence-corrected chi connectivity index (χ2v) is 7.24. The van der Waals surface area contributed by atoms with E-state index >= 15 is 0 Å². The largest absolute Gasteiger partial charge is 0.573 e. The third-order valence-electron chi connectivity index (χ3n) is 4.21. The second kappa shape index (κ2) is 8.17. The summed E-state index contributed by atoms with van der Waals surface area (Å²) >= 11 is 9.55. The Kier molecular flexibility index (Phi) is 6.12. The third kappa shape index (κ3) is 4.91. The molecule has 0 amide bonds. The summed E-state index contributed by atoms with van der Waals surface area (Å²) in [6, 6.07) is 11.7. The minimum absolute atomic E-state index is 0.0781. The van der Waals surface area contributed by atoms with E-state index in [1.165, 1.54) is 12.1 Å². The molecule has 1 fully saturated rings. The highest BCUT2D eigenvalue weighted by Crippen LogP contribution is 2.34. The molecule has 0 unspecified atom stereocenters. The average molecular weight is 450 g/mol. The van der Waals surface area contributed by atoms with Gasteiger partial charge in [-0.2, -0.15) is 0 Å². The zero-order chi connectivity index (χ0) is 18.7. The number of benzene rings is 2. The van der Waals surface area contributed by atoms with Crippen LogP contribution in [-0.2, 0) is 0 Å². The Bertz CT molecular complexity index is 749. The van der Waals surface area contributed by atoms with Gasteiger partial charge in [0, 0.05) is 30.7 Å². The fourth-order valence-corrected chi connectivity index (χ4v) is 3.60. The first-order valence-electron chi connectivity index (χ1n) is 8.09. The lowest BCUT2D eigenvalue weighted by molar-refractivity contribution is -0.274. The molecular formula is C18H17BrClF3N2O. The van der Waals surface area contributed by atoms with Gasteiger partial charge in [-0.15, -0.1) is 13.2 Å². The Morgan fingerprint density at radius 3 is 2.23 bits per heavy atom. The summed E-state index contributed by atoms with van der Waals surface area (Å²) < 4.78 is 41.9. The van der Waals surface area contributed by atoms with Crippen LogP contribution in [0.25, 0.3) is 0 Å². The quantitative estimate of drug-likeness (QED) is 0.711. The van der Waals surface area contributed by atoms with Gasteiger partial charge in [-0.25, -0.2) is 0 Å². The van der Waals surface area contributed by atoms with Crippen molar-refractivity contribution in [2.24, 2.45) is 0 Å². The normalized spacial score (nSPS) is 17.1. The molecule has 1 aliphatic rings. The smallest absolute Gasteiger partial charge is 0.406 e. The van der Waals surface area contributed by atoms with E-state index in [1.54, 1.807) is 12.1 Å². The lowest BCUT2D eigenvalue weighted by Gasteiger charge is -2.35. The van der Waals surface area contributed by atoms with Crippen LogP contribution >= 0.6 is 27.5 Å². The molecule has 1 aliphatic heterocycles. The highest BCUT2D eigenvalue weighted by atomic mass is 79.9. The van der Waals surface area contributed by atoms with Gasteiger partial charge in [0.2, 0.25) is 0 Å². The fraction of sp³-hybridized carbons (Fsp3) is 0.333. The molecule has 1 N–H and O–H groups in total.